The topological polar surface area (TPSA) is 3.24 Å². The van der Waals surface area contributed by atoms with Gasteiger partial charge < -0.3 is 4.90 Å². The summed E-state index contributed by atoms with van der Waals surface area (Å²) >= 11 is 0. The van der Waals surface area contributed by atoms with Crippen molar-refractivity contribution in [1.82, 2.24) is 4.90 Å². The van der Waals surface area contributed by atoms with E-state index in [4.69, 9.17) is 0 Å². The number of hydrogen-bond acceptors (Lipinski definition) is 1. The van der Waals surface area contributed by atoms with Crippen LogP contribution in [0.4, 0.5) is 0 Å². The number of hydrogen-bond donors (Lipinski definition) is 0. The molecule has 2 rings (SSSR count). The molecule has 0 radical (unpaired) electrons. The minimum atomic E-state index is -1.34. The Morgan fingerprint density at radius 1 is 0.944 bits per heavy atom. The molecule has 0 aromatic heterocycles. The molecule has 0 aliphatic rings. The van der Waals surface area contributed by atoms with Gasteiger partial charge in [-0.25, -0.2) is 0 Å². The van der Waals surface area contributed by atoms with Gasteiger partial charge in [0, 0.05) is 6.54 Å². The lowest BCUT2D eigenvalue weighted by molar-refractivity contribution is 0.403. The van der Waals surface area contributed by atoms with E-state index in [9.17, 15) is 0 Å². The van der Waals surface area contributed by atoms with Crippen LogP contribution in [-0.4, -0.2) is 27.1 Å². The van der Waals surface area contributed by atoms with Crippen LogP contribution >= 0.6 is 0 Å². The van der Waals surface area contributed by atoms with E-state index in [1.807, 2.05) is 0 Å². The molecule has 0 aliphatic carbocycles. The Hall–Kier alpha value is -1.12. The average molecular weight is 257 g/mol. The third kappa shape index (κ3) is 2.65. The number of rotatable bonds is 3. The molecule has 0 N–H and O–H groups in total. The predicted octanol–water partition coefficient (Wildman–Crippen LogP) is 3.45. The highest BCUT2D eigenvalue weighted by Gasteiger charge is 2.22. The Labute approximate surface area is 111 Å². The van der Waals surface area contributed by atoms with Crippen molar-refractivity contribution in [1.29, 1.82) is 0 Å². The molecular formula is C16H23NSi. The lowest BCUT2D eigenvalue weighted by Crippen LogP contribution is -2.41. The molecule has 2 heteroatoms. The van der Waals surface area contributed by atoms with Crippen molar-refractivity contribution in [3.05, 3.63) is 42.0 Å². The summed E-state index contributed by atoms with van der Waals surface area (Å²) in [5.41, 5.74) is 1.50. The van der Waals surface area contributed by atoms with Gasteiger partial charge in [-0.3, -0.25) is 0 Å². The first-order valence-electron chi connectivity index (χ1n) is 6.55. The second-order valence-corrected chi connectivity index (χ2v) is 11.3. The smallest absolute Gasteiger partial charge is 0.0788 e. The zero-order valence-electron chi connectivity index (χ0n) is 12.1. The normalized spacial score (nSPS) is 12.3. The zero-order chi connectivity index (χ0) is 13.3. The zero-order valence-corrected chi connectivity index (χ0v) is 13.1. The van der Waals surface area contributed by atoms with Crippen LogP contribution in [0.25, 0.3) is 10.8 Å². The van der Waals surface area contributed by atoms with E-state index in [0.29, 0.717) is 0 Å². The summed E-state index contributed by atoms with van der Waals surface area (Å²) in [6.45, 7) is 8.35. The van der Waals surface area contributed by atoms with Crippen LogP contribution < -0.4 is 5.19 Å². The van der Waals surface area contributed by atoms with Crippen LogP contribution in [0.3, 0.4) is 0 Å². The van der Waals surface area contributed by atoms with Crippen LogP contribution in [0.15, 0.2) is 36.4 Å². The SMILES string of the molecule is CN(C)Cc1ccc2ccccc2c1[Si](C)(C)C. The number of benzene rings is 2. The number of nitrogens with zero attached hydrogens (tertiary/aromatic N) is 1. The summed E-state index contributed by atoms with van der Waals surface area (Å²) in [6, 6.07) is 13.4. The largest absolute Gasteiger partial charge is 0.305 e. The van der Waals surface area contributed by atoms with Gasteiger partial charge in [-0.05, 0) is 35.6 Å². The second kappa shape index (κ2) is 4.86. The van der Waals surface area contributed by atoms with Gasteiger partial charge in [0.2, 0.25) is 0 Å². The Morgan fingerprint density at radius 3 is 2.22 bits per heavy atom. The summed E-state index contributed by atoms with van der Waals surface area (Å²) in [4.78, 5) is 2.26. The maximum absolute atomic E-state index is 2.44. The first kappa shape index (κ1) is 13.3. The average Bonchev–Trinajstić information content (AvgIpc) is 2.26. The van der Waals surface area contributed by atoms with Crippen LogP contribution in [0.5, 0.6) is 0 Å². The van der Waals surface area contributed by atoms with Crippen LogP contribution in [0, 0.1) is 0 Å². The molecule has 2 aromatic carbocycles. The maximum Gasteiger partial charge on any atom is 0.0788 e. The molecule has 0 spiro atoms. The van der Waals surface area contributed by atoms with E-state index in [2.05, 4.69) is 75.0 Å². The van der Waals surface area contributed by atoms with E-state index in [1.165, 1.54) is 16.3 Å². The van der Waals surface area contributed by atoms with Crippen molar-refractivity contribution in [3.63, 3.8) is 0 Å². The van der Waals surface area contributed by atoms with Crippen molar-refractivity contribution >= 4 is 24.0 Å². The van der Waals surface area contributed by atoms with Crippen molar-refractivity contribution in [3.8, 4) is 0 Å². The van der Waals surface area contributed by atoms with Gasteiger partial charge in [-0.15, -0.1) is 0 Å². The highest BCUT2D eigenvalue weighted by Crippen LogP contribution is 2.19. The van der Waals surface area contributed by atoms with Gasteiger partial charge in [-0.1, -0.05) is 56.0 Å². The van der Waals surface area contributed by atoms with E-state index in [0.717, 1.165) is 6.54 Å². The molecule has 0 bridgehead atoms. The standard InChI is InChI=1S/C16H23NSi/c1-17(2)12-14-11-10-13-8-6-7-9-15(13)16(14)18(3,4)5/h6-11H,12H2,1-5H3. The molecule has 18 heavy (non-hydrogen) atoms. The van der Waals surface area contributed by atoms with Gasteiger partial charge in [-0.2, -0.15) is 0 Å². The molecule has 96 valence electrons. The molecule has 0 fully saturated rings. The maximum atomic E-state index is 2.44. The summed E-state index contributed by atoms with van der Waals surface area (Å²) < 4.78 is 0. The van der Waals surface area contributed by atoms with Crippen LogP contribution in [-0.2, 0) is 6.54 Å². The summed E-state index contributed by atoms with van der Waals surface area (Å²) in [5.74, 6) is 0. The quantitative estimate of drug-likeness (QED) is 0.761. The molecule has 0 saturated carbocycles. The minimum absolute atomic E-state index is 1.03. The molecular weight excluding hydrogens is 234 g/mol. The molecule has 0 heterocycles. The van der Waals surface area contributed by atoms with Crippen molar-refractivity contribution < 1.29 is 0 Å². The fourth-order valence-corrected chi connectivity index (χ4v) is 4.84. The van der Waals surface area contributed by atoms with Crippen molar-refractivity contribution in [2.75, 3.05) is 14.1 Å². The third-order valence-corrected chi connectivity index (χ3v) is 5.34. The van der Waals surface area contributed by atoms with Gasteiger partial charge in [0.25, 0.3) is 0 Å². The molecule has 1 nitrogen and oxygen atoms in total. The highest BCUT2D eigenvalue weighted by molar-refractivity contribution is 6.90. The van der Waals surface area contributed by atoms with Crippen LogP contribution in [0.2, 0.25) is 19.6 Å². The van der Waals surface area contributed by atoms with E-state index >= 15 is 0 Å². The Morgan fingerprint density at radius 2 is 1.61 bits per heavy atom. The molecule has 0 aliphatic heterocycles. The summed E-state index contributed by atoms with van der Waals surface area (Å²) in [6.07, 6.45) is 0. The lowest BCUT2D eigenvalue weighted by Gasteiger charge is -2.25. The van der Waals surface area contributed by atoms with Crippen molar-refractivity contribution in [2.45, 2.75) is 26.2 Å². The predicted molar refractivity (Wildman–Crippen MR) is 84.3 cm³/mol. The van der Waals surface area contributed by atoms with Gasteiger partial charge in [0.05, 0.1) is 8.07 Å². The second-order valence-electron chi connectivity index (χ2n) is 6.31. The Bertz CT molecular complexity index is 553. The Kier molecular flexibility index (Phi) is 3.60. The van der Waals surface area contributed by atoms with E-state index < -0.39 is 8.07 Å². The fraction of sp³-hybridized carbons (Fsp3) is 0.375. The van der Waals surface area contributed by atoms with Gasteiger partial charge in [0.15, 0.2) is 0 Å². The minimum Gasteiger partial charge on any atom is -0.305 e. The molecule has 2 aromatic rings. The first-order chi connectivity index (χ1) is 8.39. The molecule has 0 atom stereocenters. The molecule has 0 unspecified atom stereocenters. The molecule has 0 amide bonds. The van der Waals surface area contributed by atoms with E-state index in [-0.39, 0.29) is 0 Å². The Balaban J connectivity index is 2.71. The van der Waals surface area contributed by atoms with Crippen molar-refractivity contribution in [2.24, 2.45) is 0 Å². The van der Waals surface area contributed by atoms with Crippen LogP contribution in [0.1, 0.15) is 5.56 Å². The molecule has 0 saturated heterocycles. The first-order valence-corrected chi connectivity index (χ1v) is 10.1. The summed E-state index contributed by atoms with van der Waals surface area (Å²) in [7, 11) is 2.95. The fourth-order valence-electron chi connectivity index (χ4n) is 2.67. The monoisotopic (exact) mass is 257 g/mol. The van der Waals surface area contributed by atoms with E-state index in [1.54, 1.807) is 5.19 Å². The van der Waals surface area contributed by atoms with Gasteiger partial charge >= 0.3 is 0 Å². The lowest BCUT2D eigenvalue weighted by atomic mass is 10.1. The number of fused-ring (bicyclic) bond motifs is 1. The summed E-state index contributed by atoms with van der Waals surface area (Å²) in [5, 5.41) is 4.45. The van der Waals surface area contributed by atoms with Gasteiger partial charge in [0.1, 0.15) is 0 Å². The highest BCUT2D eigenvalue weighted by atomic mass is 28.3. The third-order valence-electron chi connectivity index (χ3n) is 3.25.